The van der Waals surface area contributed by atoms with Crippen LogP contribution >= 0.6 is 35.5 Å². The van der Waals surface area contributed by atoms with E-state index in [4.69, 9.17) is 0 Å². The first-order chi connectivity index (χ1) is 4.22. The first-order valence-electron chi connectivity index (χ1n) is 1.89. The predicted octanol–water partition coefficient (Wildman–Crippen LogP) is 1.74. The summed E-state index contributed by atoms with van der Waals surface area (Å²) in [6.07, 6.45) is 1.11. The van der Waals surface area contributed by atoms with Crippen molar-refractivity contribution in [2.75, 3.05) is 7.11 Å². The van der Waals surface area contributed by atoms with Crippen molar-refractivity contribution in [1.82, 2.24) is 0 Å². The van der Waals surface area contributed by atoms with Gasteiger partial charge in [0.05, 0.1) is 7.11 Å². The average Bonchev–Trinajstić information content (AvgIpc) is 1.88. The zero-order valence-electron chi connectivity index (χ0n) is 4.86. The van der Waals surface area contributed by atoms with Crippen LogP contribution in [0.5, 0.6) is 0 Å². The van der Waals surface area contributed by atoms with Crippen molar-refractivity contribution in [1.29, 1.82) is 0 Å². The number of esters is 1. The number of carbonyl (C=O) groups is 1. The Balaban J connectivity index is 0. The standard InChI is InChI=1S/C4H6O2.2HI.Pb/c1-3-4(5)6-2;;;/h3H,1H2,2H3;2*1H;/q;;;+2/p-2. The molecule has 0 heterocycles. The molecule has 5 heteroatoms. The molecule has 0 aliphatic rings. The third kappa shape index (κ3) is 17.7. The van der Waals surface area contributed by atoms with Crippen LogP contribution in [-0.4, -0.2) is 28.7 Å². The van der Waals surface area contributed by atoms with Crippen molar-refractivity contribution in [3.63, 3.8) is 0 Å². The van der Waals surface area contributed by atoms with Gasteiger partial charge in [0.25, 0.3) is 0 Å². The number of hydrogen-bond acceptors (Lipinski definition) is 2. The van der Waals surface area contributed by atoms with E-state index in [0.717, 1.165) is 6.08 Å². The molecule has 0 spiro atoms. The van der Waals surface area contributed by atoms with E-state index in [2.05, 4.69) is 46.8 Å². The van der Waals surface area contributed by atoms with Crippen LogP contribution in [0.4, 0.5) is 0 Å². The Kier molecular flexibility index (Phi) is 18.0. The Bertz CT molecular complexity index is 86.6. The van der Waals surface area contributed by atoms with Gasteiger partial charge >= 0.3 is 57.1 Å². The van der Waals surface area contributed by atoms with E-state index in [-0.39, 0.29) is 15.6 Å². The summed E-state index contributed by atoms with van der Waals surface area (Å²) in [7, 11) is 1.31. The number of rotatable bonds is 1. The Morgan fingerprint density at radius 1 is 1.78 bits per heavy atom. The van der Waals surface area contributed by atoms with Gasteiger partial charge in [-0.05, 0) is 0 Å². The Morgan fingerprint density at radius 2 is 2.11 bits per heavy atom. The second-order valence-corrected chi connectivity index (χ2v) is 28.9. The van der Waals surface area contributed by atoms with Crippen molar-refractivity contribution in [3.05, 3.63) is 12.7 Å². The van der Waals surface area contributed by atoms with E-state index in [9.17, 15) is 4.79 Å². The monoisotopic (exact) mass is 548 g/mol. The molecule has 0 aromatic heterocycles. The second-order valence-electron chi connectivity index (χ2n) is 0.799. The topological polar surface area (TPSA) is 26.3 Å². The van der Waals surface area contributed by atoms with Crippen molar-refractivity contribution in [3.8, 4) is 0 Å². The molecule has 2 radical (unpaired) electrons. The fraction of sp³-hybridized carbons (Fsp3) is 0.250. The van der Waals surface area contributed by atoms with Crippen molar-refractivity contribution >= 4 is 57.1 Å². The molecular formula is C4H6I2O2Pb. The third-order valence-electron chi connectivity index (χ3n) is 0.368. The molecule has 0 rings (SSSR count). The second kappa shape index (κ2) is 12.3. The van der Waals surface area contributed by atoms with Gasteiger partial charge in [0.1, 0.15) is 0 Å². The van der Waals surface area contributed by atoms with Gasteiger partial charge in [0.15, 0.2) is 0 Å². The van der Waals surface area contributed by atoms with Crippen LogP contribution in [0.25, 0.3) is 0 Å². The van der Waals surface area contributed by atoms with E-state index >= 15 is 0 Å². The minimum absolute atomic E-state index is 0.0233. The number of methoxy groups -OCH3 is 1. The van der Waals surface area contributed by atoms with E-state index in [1.165, 1.54) is 7.11 Å². The first-order valence-corrected chi connectivity index (χ1v) is 23.8. The molecular weight excluding hydrogens is 541 g/mol. The van der Waals surface area contributed by atoms with Crippen molar-refractivity contribution in [2.45, 2.75) is 0 Å². The summed E-state index contributed by atoms with van der Waals surface area (Å²) in [5.74, 6) is -0.394. The van der Waals surface area contributed by atoms with Gasteiger partial charge < -0.3 is 4.74 Å². The van der Waals surface area contributed by atoms with Crippen LogP contribution in [0.3, 0.4) is 0 Å². The third-order valence-corrected chi connectivity index (χ3v) is 0.368. The molecule has 0 fully saturated rings. The average molecular weight is 547 g/mol. The molecule has 0 aromatic carbocycles. The molecule has 0 unspecified atom stereocenters. The quantitative estimate of drug-likeness (QED) is 0.217. The summed E-state index contributed by atoms with van der Waals surface area (Å²) in [5.41, 5.74) is 0. The van der Waals surface area contributed by atoms with Crippen LogP contribution in [0.2, 0.25) is 0 Å². The van der Waals surface area contributed by atoms with Crippen LogP contribution in [0, 0.1) is 0 Å². The van der Waals surface area contributed by atoms with Crippen molar-refractivity contribution < 1.29 is 9.53 Å². The van der Waals surface area contributed by atoms with Crippen LogP contribution in [0.1, 0.15) is 0 Å². The Morgan fingerprint density at radius 3 is 2.11 bits per heavy atom. The number of ether oxygens (including phenoxy) is 1. The number of carbonyl (C=O) groups excluding carboxylic acids is 1. The molecule has 52 valence electrons. The molecule has 0 N–H and O–H groups in total. The van der Waals surface area contributed by atoms with Gasteiger partial charge in [-0.3, -0.25) is 0 Å². The molecule has 0 saturated heterocycles. The molecule has 9 heavy (non-hydrogen) atoms. The van der Waals surface area contributed by atoms with Crippen LogP contribution in [0.15, 0.2) is 12.7 Å². The summed E-state index contributed by atoms with van der Waals surface area (Å²) in [6.45, 7) is 3.16. The molecule has 0 aliphatic heterocycles. The summed E-state index contributed by atoms with van der Waals surface area (Å²) in [4.78, 5) is 9.84. The van der Waals surface area contributed by atoms with Crippen LogP contribution in [-0.2, 0) is 9.53 Å². The normalized spacial score (nSPS) is 6.56. The number of halogens is 2. The molecule has 0 aromatic rings. The molecule has 0 atom stereocenters. The Hall–Kier alpha value is 1.59. The zero-order chi connectivity index (χ0) is 7.70. The summed E-state index contributed by atoms with van der Waals surface area (Å²) < 4.78 is 4.14. The summed E-state index contributed by atoms with van der Waals surface area (Å²) in [5, 5.41) is 0. The van der Waals surface area contributed by atoms with Gasteiger partial charge in [-0.1, -0.05) is 6.58 Å². The van der Waals surface area contributed by atoms with E-state index < -0.39 is 5.97 Å². The van der Waals surface area contributed by atoms with E-state index in [0.29, 0.717) is 0 Å². The van der Waals surface area contributed by atoms with E-state index in [1.54, 1.807) is 0 Å². The van der Waals surface area contributed by atoms with Gasteiger partial charge in [0.2, 0.25) is 0 Å². The van der Waals surface area contributed by atoms with Gasteiger partial charge in [-0.2, -0.15) is 0 Å². The molecule has 2 nitrogen and oxygen atoms in total. The summed E-state index contributed by atoms with van der Waals surface area (Å²) in [6, 6.07) is 0. The minimum atomic E-state index is -0.394. The van der Waals surface area contributed by atoms with Gasteiger partial charge in [-0.25, -0.2) is 4.79 Å². The fourth-order valence-electron chi connectivity index (χ4n) is 0.0833. The van der Waals surface area contributed by atoms with Gasteiger partial charge in [-0.15, -0.1) is 0 Å². The van der Waals surface area contributed by atoms with Crippen molar-refractivity contribution in [2.24, 2.45) is 0 Å². The molecule has 0 amide bonds. The fourth-order valence-corrected chi connectivity index (χ4v) is 0.0833. The zero-order valence-corrected chi connectivity index (χ0v) is 13.1. The summed E-state index contributed by atoms with van der Waals surface area (Å²) >= 11 is 4.96. The maximum atomic E-state index is 9.84. The Labute approximate surface area is 84.9 Å². The molecule has 0 aliphatic carbocycles. The maximum absolute atomic E-state index is 9.84. The first kappa shape index (κ1) is 13.2. The molecule has 0 saturated carbocycles. The SMILES string of the molecule is C=CC(=O)OC.[I][Pb][I]. The number of hydrogen-bond donors (Lipinski definition) is 0. The molecule has 0 bridgehead atoms. The van der Waals surface area contributed by atoms with E-state index in [1.807, 2.05) is 0 Å². The van der Waals surface area contributed by atoms with Gasteiger partial charge in [0, 0.05) is 6.08 Å². The van der Waals surface area contributed by atoms with Crippen LogP contribution < -0.4 is 0 Å². The predicted molar refractivity (Wildman–Crippen MR) is 56.0 cm³/mol.